The van der Waals surface area contributed by atoms with Gasteiger partial charge in [-0.2, -0.15) is 0 Å². The zero-order valence-electron chi connectivity index (χ0n) is 11.2. The van der Waals surface area contributed by atoms with Gasteiger partial charge in [0.25, 0.3) is 0 Å². The molecule has 1 N–H and O–H groups in total. The molecule has 0 bridgehead atoms. The first kappa shape index (κ1) is 13.1. The average Bonchev–Trinajstić information content (AvgIpc) is 2.76. The lowest BCUT2D eigenvalue weighted by atomic mass is 10.1. The molecule has 98 valence electrons. The summed E-state index contributed by atoms with van der Waals surface area (Å²) >= 11 is 0. The molecule has 0 saturated carbocycles. The molecule has 18 heavy (non-hydrogen) atoms. The molecular formula is C15H21FN2. The highest BCUT2D eigenvalue weighted by Crippen LogP contribution is 2.19. The third-order valence-electron chi connectivity index (χ3n) is 3.41. The summed E-state index contributed by atoms with van der Waals surface area (Å²) in [6.07, 6.45) is 4.20. The van der Waals surface area contributed by atoms with E-state index in [4.69, 9.17) is 0 Å². The van der Waals surface area contributed by atoms with Crippen LogP contribution in [0.3, 0.4) is 0 Å². The molecule has 1 heterocycles. The van der Waals surface area contributed by atoms with Crippen LogP contribution in [0.15, 0.2) is 24.4 Å². The van der Waals surface area contributed by atoms with E-state index in [0.29, 0.717) is 0 Å². The fourth-order valence-corrected chi connectivity index (χ4v) is 2.39. The Labute approximate surface area is 108 Å². The Kier molecular flexibility index (Phi) is 4.37. The summed E-state index contributed by atoms with van der Waals surface area (Å²) in [5.41, 5.74) is 2.17. The van der Waals surface area contributed by atoms with Crippen LogP contribution >= 0.6 is 0 Å². The number of hydrogen-bond acceptors (Lipinski definition) is 1. The van der Waals surface area contributed by atoms with Crippen molar-refractivity contribution in [2.24, 2.45) is 0 Å². The summed E-state index contributed by atoms with van der Waals surface area (Å²) in [6.45, 7) is 7.70. The normalized spacial score (nSPS) is 11.6. The van der Waals surface area contributed by atoms with E-state index in [2.05, 4.69) is 23.7 Å². The predicted octanol–water partition coefficient (Wildman–Crippen LogP) is 3.58. The van der Waals surface area contributed by atoms with Gasteiger partial charge in [0.05, 0.1) is 0 Å². The molecule has 3 heteroatoms. The van der Waals surface area contributed by atoms with Crippen molar-refractivity contribution < 1.29 is 4.39 Å². The van der Waals surface area contributed by atoms with Gasteiger partial charge in [0.2, 0.25) is 0 Å². The maximum atomic E-state index is 13.1. The second-order valence-corrected chi connectivity index (χ2v) is 4.69. The first-order chi connectivity index (χ1) is 8.74. The second-order valence-electron chi connectivity index (χ2n) is 4.69. The number of benzene rings is 1. The Morgan fingerprint density at radius 3 is 2.78 bits per heavy atom. The van der Waals surface area contributed by atoms with Gasteiger partial charge < -0.3 is 9.88 Å². The number of aromatic amines is 1. The van der Waals surface area contributed by atoms with E-state index in [9.17, 15) is 4.39 Å². The Bertz CT molecular complexity index is 504. The summed E-state index contributed by atoms with van der Waals surface area (Å²) in [4.78, 5) is 5.59. The molecule has 0 aliphatic carbocycles. The molecule has 0 spiro atoms. The average molecular weight is 248 g/mol. The van der Waals surface area contributed by atoms with Gasteiger partial charge in [-0.05, 0) is 49.7 Å². The Balaban J connectivity index is 2.07. The quantitative estimate of drug-likeness (QED) is 0.828. The van der Waals surface area contributed by atoms with Crippen molar-refractivity contribution in [2.45, 2.75) is 26.7 Å². The highest BCUT2D eigenvalue weighted by molar-refractivity contribution is 5.83. The van der Waals surface area contributed by atoms with Gasteiger partial charge in [-0.3, -0.25) is 0 Å². The first-order valence-corrected chi connectivity index (χ1v) is 6.72. The third kappa shape index (κ3) is 2.91. The molecule has 0 fully saturated rings. The number of halogens is 1. The molecule has 0 atom stereocenters. The lowest BCUT2D eigenvalue weighted by Gasteiger charge is -2.18. The monoisotopic (exact) mass is 248 g/mol. The van der Waals surface area contributed by atoms with E-state index in [1.807, 2.05) is 12.3 Å². The van der Waals surface area contributed by atoms with Gasteiger partial charge in [-0.15, -0.1) is 0 Å². The Morgan fingerprint density at radius 2 is 2.06 bits per heavy atom. The highest BCUT2D eigenvalue weighted by atomic mass is 19.1. The molecule has 0 saturated heterocycles. The van der Waals surface area contributed by atoms with Crippen molar-refractivity contribution in [2.75, 3.05) is 19.6 Å². The number of nitrogens with zero attached hydrogens (tertiary/aromatic N) is 1. The first-order valence-electron chi connectivity index (χ1n) is 6.72. The van der Waals surface area contributed by atoms with Crippen LogP contribution in [0.25, 0.3) is 10.9 Å². The zero-order valence-corrected chi connectivity index (χ0v) is 11.2. The van der Waals surface area contributed by atoms with E-state index in [-0.39, 0.29) is 5.82 Å². The van der Waals surface area contributed by atoms with Crippen LogP contribution in [0.5, 0.6) is 0 Å². The van der Waals surface area contributed by atoms with E-state index < -0.39 is 0 Å². The SMILES string of the molecule is CCCN(CC)CCc1c[nH]c2cc(F)ccc12. The lowest BCUT2D eigenvalue weighted by Crippen LogP contribution is -2.26. The van der Waals surface area contributed by atoms with Crippen LogP contribution in [0, 0.1) is 5.82 Å². The van der Waals surface area contributed by atoms with Crippen LogP contribution in [0.4, 0.5) is 4.39 Å². The largest absolute Gasteiger partial charge is 0.361 e. The summed E-state index contributed by atoms with van der Waals surface area (Å²) < 4.78 is 13.1. The van der Waals surface area contributed by atoms with E-state index in [1.54, 1.807) is 6.07 Å². The van der Waals surface area contributed by atoms with Gasteiger partial charge in [0.1, 0.15) is 5.82 Å². The maximum absolute atomic E-state index is 13.1. The van der Waals surface area contributed by atoms with Crippen molar-refractivity contribution in [3.63, 3.8) is 0 Å². The molecule has 0 aliphatic heterocycles. The number of hydrogen-bond donors (Lipinski definition) is 1. The molecule has 0 amide bonds. The van der Waals surface area contributed by atoms with Crippen LogP contribution in [0.1, 0.15) is 25.8 Å². The predicted molar refractivity (Wildman–Crippen MR) is 74.4 cm³/mol. The molecule has 0 radical (unpaired) electrons. The minimum atomic E-state index is -0.183. The number of H-pyrrole nitrogens is 1. The minimum absolute atomic E-state index is 0.183. The summed E-state index contributed by atoms with van der Waals surface area (Å²) in [5.74, 6) is -0.183. The van der Waals surface area contributed by atoms with Crippen LogP contribution in [-0.2, 0) is 6.42 Å². The van der Waals surface area contributed by atoms with Crippen molar-refractivity contribution in [1.82, 2.24) is 9.88 Å². The van der Waals surface area contributed by atoms with Crippen LogP contribution in [0.2, 0.25) is 0 Å². The van der Waals surface area contributed by atoms with Crippen molar-refractivity contribution in [3.05, 3.63) is 35.8 Å². The molecule has 0 unspecified atom stereocenters. The smallest absolute Gasteiger partial charge is 0.125 e. The standard InChI is InChI=1S/C15H21FN2/c1-3-8-18(4-2)9-7-12-11-17-15-10-13(16)5-6-14(12)15/h5-6,10-11,17H,3-4,7-9H2,1-2H3. The summed E-state index contributed by atoms with van der Waals surface area (Å²) in [6, 6.07) is 4.96. The van der Waals surface area contributed by atoms with Crippen LogP contribution in [-0.4, -0.2) is 29.5 Å². The zero-order chi connectivity index (χ0) is 13.0. The van der Waals surface area contributed by atoms with Crippen molar-refractivity contribution in [1.29, 1.82) is 0 Å². The number of rotatable bonds is 6. The third-order valence-corrected chi connectivity index (χ3v) is 3.41. The van der Waals surface area contributed by atoms with Crippen LogP contribution < -0.4 is 0 Å². The molecular weight excluding hydrogens is 227 g/mol. The molecule has 1 aromatic carbocycles. The molecule has 2 rings (SSSR count). The number of nitrogens with one attached hydrogen (secondary N) is 1. The van der Waals surface area contributed by atoms with E-state index in [0.717, 1.165) is 37.0 Å². The second kappa shape index (κ2) is 6.01. The van der Waals surface area contributed by atoms with Gasteiger partial charge in [0, 0.05) is 23.6 Å². The van der Waals surface area contributed by atoms with Gasteiger partial charge >= 0.3 is 0 Å². The summed E-state index contributed by atoms with van der Waals surface area (Å²) in [5, 5.41) is 1.14. The topological polar surface area (TPSA) is 19.0 Å². The maximum Gasteiger partial charge on any atom is 0.125 e. The van der Waals surface area contributed by atoms with Crippen molar-refractivity contribution in [3.8, 4) is 0 Å². The van der Waals surface area contributed by atoms with Gasteiger partial charge in [-0.25, -0.2) is 4.39 Å². The minimum Gasteiger partial charge on any atom is -0.361 e. The number of fused-ring (bicyclic) bond motifs is 1. The Hall–Kier alpha value is -1.35. The Morgan fingerprint density at radius 1 is 1.22 bits per heavy atom. The van der Waals surface area contributed by atoms with E-state index in [1.165, 1.54) is 18.1 Å². The van der Waals surface area contributed by atoms with Crippen molar-refractivity contribution >= 4 is 10.9 Å². The van der Waals surface area contributed by atoms with Gasteiger partial charge in [-0.1, -0.05) is 13.8 Å². The number of likely N-dealkylation sites (N-methyl/N-ethyl adjacent to an activating group) is 1. The number of aromatic nitrogens is 1. The highest BCUT2D eigenvalue weighted by Gasteiger charge is 2.06. The molecule has 0 aliphatic rings. The molecule has 1 aromatic heterocycles. The molecule has 2 nitrogen and oxygen atoms in total. The fourth-order valence-electron chi connectivity index (χ4n) is 2.39. The summed E-state index contributed by atoms with van der Waals surface area (Å²) in [7, 11) is 0. The fraction of sp³-hybridized carbons (Fsp3) is 0.467. The molecule has 2 aromatic rings. The lowest BCUT2D eigenvalue weighted by molar-refractivity contribution is 0.293. The van der Waals surface area contributed by atoms with Gasteiger partial charge in [0.15, 0.2) is 0 Å². The van der Waals surface area contributed by atoms with E-state index >= 15 is 0 Å².